The van der Waals surface area contributed by atoms with E-state index in [0.29, 0.717) is 32.5 Å². The molecule has 2 rings (SSSR count). The molecule has 0 radical (unpaired) electrons. The van der Waals surface area contributed by atoms with Crippen LogP contribution in [0.5, 0.6) is 0 Å². The van der Waals surface area contributed by atoms with E-state index in [4.69, 9.17) is 4.74 Å². The van der Waals surface area contributed by atoms with Gasteiger partial charge in [0.2, 0.25) is 5.91 Å². The van der Waals surface area contributed by atoms with E-state index >= 15 is 0 Å². The van der Waals surface area contributed by atoms with Crippen LogP contribution in [-0.4, -0.2) is 47.7 Å². The summed E-state index contributed by atoms with van der Waals surface area (Å²) in [6, 6.07) is 0. The second-order valence-corrected chi connectivity index (χ2v) is 5.49. The molecule has 1 aliphatic carbocycles. The molecule has 18 heavy (non-hydrogen) atoms. The smallest absolute Gasteiger partial charge is 0.310 e. The second kappa shape index (κ2) is 5.26. The summed E-state index contributed by atoms with van der Waals surface area (Å²) >= 11 is 0. The Morgan fingerprint density at radius 2 is 2.06 bits per heavy atom. The molecule has 1 heterocycles. The third-order valence-corrected chi connectivity index (χ3v) is 4.10. The van der Waals surface area contributed by atoms with Crippen molar-refractivity contribution < 1.29 is 19.4 Å². The van der Waals surface area contributed by atoms with Crippen molar-refractivity contribution in [1.82, 2.24) is 4.90 Å². The van der Waals surface area contributed by atoms with Crippen molar-refractivity contribution in [3.8, 4) is 0 Å². The van der Waals surface area contributed by atoms with Gasteiger partial charge in [-0.25, -0.2) is 0 Å². The lowest BCUT2D eigenvalue weighted by molar-refractivity contribution is -0.155. The number of carboxylic acid groups (broad SMARTS) is 1. The number of carbonyl (C=O) groups excluding carboxylic acids is 1. The third-order valence-electron chi connectivity index (χ3n) is 4.10. The number of nitrogens with zero attached hydrogens (tertiary/aromatic N) is 1. The topological polar surface area (TPSA) is 66.8 Å². The summed E-state index contributed by atoms with van der Waals surface area (Å²) in [6.45, 7) is 3.64. The van der Waals surface area contributed by atoms with E-state index in [1.54, 1.807) is 4.90 Å². The normalized spacial score (nSPS) is 27.2. The van der Waals surface area contributed by atoms with Crippen LogP contribution in [0.25, 0.3) is 0 Å². The van der Waals surface area contributed by atoms with Crippen LogP contribution in [0.1, 0.15) is 39.0 Å². The van der Waals surface area contributed by atoms with Gasteiger partial charge in [-0.1, -0.05) is 12.8 Å². The van der Waals surface area contributed by atoms with Crippen LogP contribution in [0.15, 0.2) is 0 Å². The summed E-state index contributed by atoms with van der Waals surface area (Å²) in [6.07, 6.45) is 3.29. The molecule has 1 amide bonds. The molecule has 1 N–H and O–H groups in total. The van der Waals surface area contributed by atoms with Crippen molar-refractivity contribution in [3.05, 3.63) is 0 Å². The maximum atomic E-state index is 12.2. The van der Waals surface area contributed by atoms with Gasteiger partial charge in [0.1, 0.15) is 0 Å². The van der Waals surface area contributed by atoms with Gasteiger partial charge in [0.25, 0.3) is 0 Å². The van der Waals surface area contributed by atoms with Crippen molar-refractivity contribution in [2.45, 2.75) is 45.1 Å². The van der Waals surface area contributed by atoms with Crippen LogP contribution >= 0.6 is 0 Å². The predicted octanol–water partition coefficient (Wildman–Crippen LogP) is 1.27. The van der Waals surface area contributed by atoms with E-state index in [9.17, 15) is 14.7 Å². The maximum absolute atomic E-state index is 12.2. The molecule has 1 saturated heterocycles. The molecule has 1 unspecified atom stereocenters. The summed E-state index contributed by atoms with van der Waals surface area (Å²) in [5.41, 5.74) is -0.807. The lowest BCUT2D eigenvalue weighted by atomic mass is 9.82. The first kappa shape index (κ1) is 13.3. The van der Waals surface area contributed by atoms with Crippen molar-refractivity contribution in [1.29, 1.82) is 0 Å². The quantitative estimate of drug-likeness (QED) is 0.824. The Balaban J connectivity index is 1.99. The first-order valence-electron chi connectivity index (χ1n) is 6.66. The molecule has 1 atom stereocenters. The average molecular weight is 255 g/mol. The molecule has 2 aliphatic rings. The fourth-order valence-corrected chi connectivity index (χ4v) is 2.96. The highest BCUT2D eigenvalue weighted by Gasteiger charge is 2.44. The monoisotopic (exact) mass is 255 g/mol. The van der Waals surface area contributed by atoms with E-state index in [1.807, 2.05) is 6.92 Å². The Morgan fingerprint density at radius 3 is 2.61 bits per heavy atom. The van der Waals surface area contributed by atoms with Gasteiger partial charge in [-0.3, -0.25) is 9.59 Å². The Bertz CT molecular complexity index is 336. The molecule has 102 valence electrons. The molecule has 2 fully saturated rings. The minimum Gasteiger partial charge on any atom is -0.481 e. The van der Waals surface area contributed by atoms with E-state index in [0.717, 1.165) is 12.8 Å². The molecule has 0 aromatic heterocycles. The van der Waals surface area contributed by atoms with E-state index in [1.165, 1.54) is 0 Å². The fraction of sp³-hybridized carbons (Fsp3) is 0.846. The number of carboxylic acids is 1. The summed E-state index contributed by atoms with van der Waals surface area (Å²) in [5.74, 6) is -0.843. The Morgan fingerprint density at radius 1 is 1.39 bits per heavy atom. The van der Waals surface area contributed by atoms with Crippen molar-refractivity contribution in [3.63, 3.8) is 0 Å². The van der Waals surface area contributed by atoms with Gasteiger partial charge in [0.05, 0.1) is 18.1 Å². The highest BCUT2D eigenvalue weighted by Crippen LogP contribution is 2.41. The van der Waals surface area contributed by atoms with Gasteiger partial charge in [-0.15, -0.1) is 0 Å². The molecular weight excluding hydrogens is 234 g/mol. The van der Waals surface area contributed by atoms with Gasteiger partial charge in [-0.2, -0.15) is 0 Å². The Kier molecular flexibility index (Phi) is 3.90. The lowest BCUT2D eigenvalue weighted by Crippen LogP contribution is -2.46. The highest BCUT2D eigenvalue weighted by atomic mass is 16.5. The molecule has 0 aromatic rings. The molecule has 0 spiro atoms. The summed E-state index contributed by atoms with van der Waals surface area (Å²) in [5, 5.41) is 9.37. The number of rotatable bonds is 3. The van der Waals surface area contributed by atoms with Crippen LogP contribution in [-0.2, 0) is 14.3 Å². The van der Waals surface area contributed by atoms with Gasteiger partial charge < -0.3 is 14.7 Å². The summed E-state index contributed by atoms with van der Waals surface area (Å²) in [7, 11) is 0. The van der Waals surface area contributed by atoms with E-state index in [-0.39, 0.29) is 18.4 Å². The predicted molar refractivity (Wildman–Crippen MR) is 65.1 cm³/mol. The number of amides is 1. The molecule has 0 aromatic carbocycles. The second-order valence-electron chi connectivity index (χ2n) is 5.49. The standard InChI is InChI=1S/C13H21NO4/c1-10-9-14(6-7-18-10)11(15)8-13(12(16)17)4-2-3-5-13/h10H,2-9H2,1H3,(H,16,17). The van der Waals surface area contributed by atoms with Gasteiger partial charge in [0.15, 0.2) is 0 Å². The zero-order valence-corrected chi connectivity index (χ0v) is 10.9. The number of ether oxygens (including phenoxy) is 1. The summed E-state index contributed by atoms with van der Waals surface area (Å²) < 4.78 is 5.39. The number of carbonyl (C=O) groups is 2. The number of morpholine rings is 1. The maximum Gasteiger partial charge on any atom is 0.310 e. The summed E-state index contributed by atoms with van der Waals surface area (Å²) in [4.78, 5) is 25.4. The van der Waals surface area contributed by atoms with Gasteiger partial charge in [-0.05, 0) is 19.8 Å². The van der Waals surface area contributed by atoms with Crippen LogP contribution in [0, 0.1) is 5.41 Å². The first-order chi connectivity index (χ1) is 8.53. The van der Waals surface area contributed by atoms with Crippen molar-refractivity contribution >= 4 is 11.9 Å². The van der Waals surface area contributed by atoms with Crippen molar-refractivity contribution in [2.24, 2.45) is 5.41 Å². The van der Waals surface area contributed by atoms with Crippen molar-refractivity contribution in [2.75, 3.05) is 19.7 Å². The van der Waals surface area contributed by atoms with Crippen LogP contribution in [0.2, 0.25) is 0 Å². The Labute approximate surface area is 107 Å². The zero-order chi connectivity index (χ0) is 13.2. The lowest BCUT2D eigenvalue weighted by Gasteiger charge is -2.33. The minimum absolute atomic E-state index is 0.0329. The molecular formula is C13H21NO4. The van der Waals surface area contributed by atoms with E-state index in [2.05, 4.69) is 0 Å². The van der Waals surface area contributed by atoms with Gasteiger partial charge >= 0.3 is 5.97 Å². The van der Waals surface area contributed by atoms with E-state index < -0.39 is 11.4 Å². The average Bonchev–Trinajstić information content (AvgIpc) is 2.79. The van der Waals surface area contributed by atoms with Crippen LogP contribution in [0.3, 0.4) is 0 Å². The molecule has 0 bridgehead atoms. The number of hydrogen-bond acceptors (Lipinski definition) is 3. The fourth-order valence-electron chi connectivity index (χ4n) is 2.96. The molecule has 5 nitrogen and oxygen atoms in total. The molecule has 5 heteroatoms. The number of hydrogen-bond donors (Lipinski definition) is 1. The van der Waals surface area contributed by atoms with Crippen LogP contribution < -0.4 is 0 Å². The first-order valence-corrected chi connectivity index (χ1v) is 6.66. The van der Waals surface area contributed by atoms with Crippen LogP contribution in [0.4, 0.5) is 0 Å². The minimum atomic E-state index is -0.811. The Hall–Kier alpha value is -1.10. The molecule has 1 aliphatic heterocycles. The number of aliphatic carboxylic acids is 1. The molecule has 1 saturated carbocycles. The SMILES string of the molecule is CC1CN(C(=O)CC2(C(=O)O)CCCC2)CCO1. The zero-order valence-electron chi connectivity index (χ0n) is 10.9. The van der Waals surface area contributed by atoms with Gasteiger partial charge in [0, 0.05) is 19.5 Å². The largest absolute Gasteiger partial charge is 0.481 e. The highest BCUT2D eigenvalue weighted by molar-refractivity contribution is 5.85. The third kappa shape index (κ3) is 2.66.